The van der Waals surface area contributed by atoms with Crippen LogP contribution in [0.25, 0.3) is 0 Å². The van der Waals surface area contributed by atoms with E-state index in [1.807, 2.05) is 6.07 Å². The second-order valence-electron chi connectivity index (χ2n) is 2.62. The number of ether oxygens (including phenoxy) is 3. The first-order valence-electron chi connectivity index (χ1n) is 3.84. The zero-order valence-corrected chi connectivity index (χ0v) is 8.09. The molecule has 0 bridgehead atoms. The lowest BCUT2D eigenvalue weighted by Crippen LogP contribution is -1.93. The minimum Gasteiger partial charge on any atom is -0.494 e. The molecule has 0 amide bonds. The van der Waals surface area contributed by atoms with Crippen LogP contribution in [0, 0.1) is 11.3 Å². The van der Waals surface area contributed by atoms with E-state index in [1.165, 1.54) is 7.11 Å². The van der Waals surface area contributed by atoms with Crippen LogP contribution in [0.5, 0.6) is 17.2 Å². The number of hydrogen-bond acceptors (Lipinski definition) is 4. The maximum Gasteiger partial charge on any atom is 0.231 e. The van der Waals surface area contributed by atoms with Gasteiger partial charge in [0.15, 0.2) is 17.2 Å². The molecule has 1 aliphatic heterocycles. The molecule has 0 N–H and O–H groups in total. The number of halogens is 1. The summed E-state index contributed by atoms with van der Waals surface area (Å²) in [5, 5.41) is 9.10. The number of rotatable bonds is 1. The summed E-state index contributed by atoms with van der Waals surface area (Å²) in [6.45, 7) is 0.118. The van der Waals surface area contributed by atoms with E-state index < -0.39 is 0 Å². The van der Waals surface area contributed by atoms with Crippen molar-refractivity contribution in [2.75, 3.05) is 13.9 Å². The summed E-state index contributed by atoms with van der Waals surface area (Å²) in [4.78, 5) is 0. The van der Waals surface area contributed by atoms with Crippen molar-refractivity contribution in [2.45, 2.75) is 0 Å². The molecule has 0 radical (unpaired) electrons. The number of nitriles is 1. The molecule has 0 saturated heterocycles. The molecule has 4 nitrogen and oxygen atoms in total. The number of nitrogens with zero attached hydrogens (tertiary/aromatic N) is 1. The van der Waals surface area contributed by atoms with Crippen LogP contribution in [-0.2, 0) is 0 Å². The van der Waals surface area contributed by atoms with Gasteiger partial charge in [-0.25, -0.2) is 0 Å². The SMILES string of the molecule is COc1c(C#N)cc2c(c1Cl)OCO2. The van der Waals surface area contributed by atoms with E-state index in [0.29, 0.717) is 22.8 Å². The molecule has 0 aliphatic carbocycles. The Hall–Kier alpha value is -1.60. The predicted octanol–water partition coefficient (Wildman–Crippen LogP) is 1.95. The summed E-state index contributed by atoms with van der Waals surface area (Å²) in [5.74, 6) is 1.23. The van der Waals surface area contributed by atoms with Gasteiger partial charge in [-0.1, -0.05) is 11.6 Å². The maximum atomic E-state index is 8.82. The highest BCUT2D eigenvalue weighted by Gasteiger charge is 2.23. The van der Waals surface area contributed by atoms with Crippen molar-refractivity contribution < 1.29 is 14.2 Å². The molecule has 1 aliphatic rings. The molecule has 1 heterocycles. The first-order valence-corrected chi connectivity index (χ1v) is 4.22. The lowest BCUT2D eigenvalue weighted by molar-refractivity contribution is 0.174. The molecule has 0 spiro atoms. The van der Waals surface area contributed by atoms with Gasteiger partial charge in [-0.05, 0) is 0 Å². The van der Waals surface area contributed by atoms with Gasteiger partial charge in [-0.15, -0.1) is 0 Å². The fourth-order valence-corrected chi connectivity index (χ4v) is 1.59. The average Bonchev–Trinajstić information content (AvgIpc) is 2.65. The summed E-state index contributed by atoms with van der Waals surface area (Å²) in [7, 11) is 1.45. The Bertz CT molecular complexity index is 425. The van der Waals surface area contributed by atoms with Gasteiger partial charge >= 0.3 is 0 Å². The first-order chi connectivity index (χ1) is 6.77. The Kier molecular flexibility index (Phi) is 2.10. The van der Waals surface area contributed by atoms with E-state index in [1.54, 1.807) is 6.07 Å². The number of fused-ring (bicyclic) bond motifs is 1. The molecule has 1 aromatic carbocycles. The standard InChI is InChI=1S/C9H6ClNO3/c1-12-8-5(3-11)2-6-9(7(8)10)14-4-13-6/h2H,4H2,1H3. The molecule has 0 atom stereocenters. The summed E-state index contributed by atoms with van der Waals surface area (Å²) >= 11 is 5.96. The van der Waals surface area contributed by atoms with Crippen LogP contribution < -0.4 is 14.2 Å². The topological polar surface area (TPSA) is 51.5 Å². The van der Waals surface area contributed by atoms with E-state index in [9.17, 15) is 0 Å². The van der Waals surface area contributed by atoms with Crippen molar-refractivity contribution in [1.29, 1.82) is 5.26 Å². The molecule has 5 heteroatoms. The highest BCUT2D eigenvalue weighted by atomic mass is 35.5. The van der Waals surface area contributed by atoms with Gasteiger partial charge < -0.3 is 14.2 Å². The third-order valence-corrected chi connectivity index (χ3v) is 2.23. The lowest BCUT2D eigenvalue weighted by atomic mass is 10.2. The van der Waals surface area contributed by atoms with Crippen molar-refractivity contribution in [3.8, 4) is 23.3 Å². The van der Waals surface area contributed by atoms with E-state index in [2.05, 4.69) is 0 Å². The van der Waals surface area contributed by atoms with Crippen molar-refractivity contribution >= 4 is 11.6 Å². The fourth-order valence-electron chi connectivity index (χ4n) is 1.27. The quantitative estimate of drug-likeness (QED) is 0.713. The molecule has 0 aromatic heterocycles. The number of hydrogen-bond donors (Lipinski definition) is 0. The Balaban J connectivity index is 2.67. The second kappa shape index (κ2) is 3.28. The van der Waals surface area contributed by atoms with E-state index >= 15 is 0 Å². The van der Waals surface area contributed by atoms with Crippen LogP contribution in [0.1, 0.15) is 5.56 Å². The molecule has 1 aromatic rings. The largest absolute Gasteiger partial charge is 0.494 e. The zero-order valence-electron chi connectivity index (χ0n) is 7.33. The van der Waals surface area contributed by atoms with Crippen LogP contribution in [0.15, 0.2) is 6.07 Å². The average molecular weight is 212 g/mol. The summed E-state index contributed by atoms with van der Waals surface area (Å²) in [6.07, 6.45) is 0. The number of methoxy groups -OCH3 is 1. The van der Waals surface area contributed by atoms with E-state index in [-0.39, 0.29) is 11.8 Å². The van der Waals surface area contributed by atoms with Gasteiger partial charge in [0, 0.05) is 6.07 Å². The Morgan fingerprint density at radius 1 is 1.57 bits per heavy atom. The van der Waals surface area contributed by atoms with Crippen LogP contribution in [0.3, 0.4) is 0 Å². The van der Waals surface area contributed by atoms with Gasteiger partial charge in [0.05, 0.1) is 12.7 Å². The van der Waals surface area contributed by atoms with Crippen LogP contribution in [-0.4, -0.2) is 13.9 Å². The molecule has 14 heavy (non-hydrogen) atoms. The zero-order chi connectivity index (χ0) is 10.1. The van der Waals surface area contributed by atoms with Gasteiger partial charge in [-0.3, -0.25) is 0 Å². The normalized spacial score (nSPS) is 12.4. The van der Waals surface area contributed by atoms with Crippen LogP contribution in [0.2, 0.25) is 5.02 Å². The fraction of sp³-hybridized carbons (Fsp3) is 0.222. The second-order valence-corrected chi connectivity index (χ2v) is 2.99. The number of benzene rings is 1. The minimum atomic E-state index is 0.118. The van der Waals surface area contributed by atoms with Gasteiger partial charge in [0.1, 0.15) is 11.1 Å². The minimum absolute atomic E-state index is 0.118. The van der Waals surface area contributed by atoms with Gasteiger partial charge in [0.25, 0.3) is 0 Å². The molecular formula is C9H6ClNO3. The van der Waals surface area contributed by atoms with Crippen molar-refractivity contribution in [3.05, 3.63) is 16.7 Å². The van der Waals surface area contributed by atoms with Crippen molar-refractivity contribution in [2.24, 2.45) is 0 Å². The highest BCUT2D eigenvalue weighted by molar-refractivity contribution is 6.34. The lowest BCUT2D eigenvalue weighted by Gasteiger charge is -2.07. The molecule has 0 fully saturated rings. The van der Waals surface area contributed by atoms with E-state index in [4.69, 9.17) is 31.1 Å². The monoisotopic (exact) mass is 211 g/mol. The molecule has 0 unspecified atom stereocenters. The third-order valence-electron chi connectivity index (χ3n) is 1.88. The Labute approximate surface area is 85.6 Å². The third kappa shape index (κ3) is 1.14. The summed E-state index contributed by atoms with van der Waals surface area (Å²) in [5.41, 5.74) is 0.335. The van der Waals surface area contributed by atoms with Crippen LogP contribution >= 0.6 is 11.6 Å². The van der Waals surface area contributed by atoms with Crippen molar-refractivity contribution in [3.63, 3.8) is 0 Å². The molecular weight excluding hydrogens is 206 g/mol. The maximum absolute atomic E-state index is 8.82. The Morgan fingerprint density at radius 3 is 3.00 bits per heavy atom. The smallest absolute Gasteiger partial charge is 0.231 e. The van der Waals surface area contributed by atoms with Crippen LogP contribution in [0.4, 0.5) is 0 Å². The summed E-state index contributed by atoms with van der Waals surface area (Å²) in [6, 6.07) is 3.52. The first kappa shape index (κ1) is 8.97. The summed E-state index contributed by atoms with van der Waals surface area (Å²) < 4.78 is 15.2. The van der Waals surface area contributed by atoms with Gasteiger partial charge in [-0.2, -0.15) is 5.26 Å². The Morgan fingerprint density at radius 2 is 2.36 bits per heavy atom. The highest BCUT2D eigenvalue weighted by Crippen LogP contribution is 2.46. The molecule has 0 saturated carbocycles. The molecule has 2 rings (SSSR count). The van der Waals surface area contributed by atoms with E-state index in [0.717, 1.165) is 0 Å². The molecule has 72 valence electrons. The van der Waals surface area contributed by atoms with Gasteiger partial charge in [0.2, 0.25) is 6.79 Å². The van der Waals surface area contributed by atoms with Crippen molar-refractivity contribution in [1.82, 2.24) is 0 Å². The predicted molar refractivity (Wildman–Crippen MR) is 48.8 cm³/mol.